The summed E-state index contributed by atoms with van der Waals surface area (Å²) in [6.45, 7) is 6.09. The molecule has 1 fully saturated rings. The van der Waals surface area contributed by atoms with Gasteiger partial charge in [-0.3, -0.25) is 19.7 Å². The van der Waals surface area contributed by atoms with Crippen molar-refractivity contribution in [3.05, 3.63) is 35.5 Å². The van der Waals surface area contributed by atoms with E-state index in [1.165, 1.54) is 0 Å². The van der Waals surface area contributed by atoms with Crippen molar-refractivity contribution in [2.24, 2.45) is 4.99 Å². The van der Waals surface area contributed by atoms with E-state index in [0.29, 0.717) is 34.6 Å². The van der Waals surface area contributed by atoms with Crippen LogP contribution in [0.2, 0.25) is 0 Å². The zero-order valence-corrected chi connectivity index (χ0v) is 13.7. The number of aliphatic imine (C=N–C) groups is 1. The summed E-state index contributed by atoms with van der Waals surface area (Å²) in [5.41, 5.74) is 1.43. The van der Waals surface area contributed by atoms with Crippen LogP contribution in [0.5, 0.6) is 5.75 Å². The predicted molar refractivity (Wildman–Crippen MR) is 93.1 cm³/mol. The van der Waals surface area contributed by atoms with Crippen LogP contribution >= 0.6 is 0 Å². The van der Waals surface area contributed by atoms with Crippen LogP contribution in [-0.4, -0.2) is 66.4 Å². The highest BCUT2D eigenvalue weighted by Gasteiger charge is 2.16. The SMILES string of the molecule is CC(CN=Cc1cc(C=O)c2cccnc2c1O)N1CCOCC1. The molecule has 1 aliphatic rings. The molecule has 0 spiro atoms. The van der Waals surface area contributed by atoms with Crippen LogP contribution < -0.4 is 0 Å². The molecule has 1 saturated heterocycles. The van der Waals surface area contributed by atoms with E-state index in [9.17, 15) is 9.90 Å². The minimum absolute atomic E-state index is 0.0546. The van der Waals surface area contributed by atoms with Gasteiger partial charge in [0.25, 0.3) is 0 Å². The fourth-order valence-electron chi connectivity index (χ4n) is 2.91. The van der Waals surface area contributed by atoms with Crippen LogP contribution in [0.4, 0.5) is 0 Å². The molecular weight excluding hydrogens is 306 g/mol. The monoisotopic (exact) mass is 327 g/mol. The Morgan fingerprint density at radius 2 is 2.21 bits per heavy atom. The van der Waals surface area contributed by atoms with Crippen molar-refractivity contribution in [2.75, 3.05) is 32.8 Å². The van der Waals surface area contributed by atoms with Gasteiger partial charge in [-0.2, -0.15) is 0 Å². The molecule has 1 unspecified atom stereocenters. The van der Waals surface area contributed by atoms with Gasteiger partial charge in [0.2, 0.25) is 0 Å². The molecule has 2 aromatic rings. The maximum atomic E-state index is 11.3. The molecule has 6 nitrogen and oxygen atoms in total. The van der Waals surface area contributed by atoms with Crippen molar-refractivity contribution in [3.63, 3.8) is 0 Å². The number of pyridine rings is 1. The summed E-state index contributed by atoms with van der Waals surface area (Å²) in [5, 5.41) is 11.0. The Bertz CT molecular complexity index is 755. The second kappa shape index (κ2) is 7.51. The highest BCUT2D eigenvalue weighted by molar-refractivity contribution is 6.04. The van der Waals surface area contributed by atoms with Gasteiger partial charge in [0.05, 0.1) is 19.8 Å². The average molecular weight is 327 g/mol. The third-order valence-corrected chi connectivity index (χ3v) is 4.32. The quantitative estimate of drug-likeness (QED) is 0.670. The number of fused-ring (bicyclic) bond motifs is 1. The van der Waals surface area contributed by atoms with Gasteiger partial charge in [-0.05, 0) is 19.1 Å². The van der Waals surface area contributed by atoms with Crippen molar-refractivity contribution < 1.29 is 14.6 Å². The van der Waals surface area contributed by atoms with Gasteiger partial charge >= 0.3 is 0 Å². The fourth-order valence-corrected chi connectivity index (χ4v) is 2.91. The molecule has 6 heteroatoms. The number of morpholine rings is 1. The van der Waals surface area contributed by atoms with Crippen molar-refractivity contribution in [2.45, 2.75) is 13.0 Å². The molecule has 24 heavy (non-hydrogen) atoms. The number of benzene rings is 1. The molecule has 2 heterocycles. The van der Waals surface area contributed by atoms with Crippen LogP contribution in [0.1, 0.15) is 22.8 Å². The summed E-state index contributed by atoms with van der Waals surface area (Å²) in [6, 6.07) is 5.46. The third-order valence-electron chi connectivity index (χ3n) is 4.32. The number of aldehydes is 1. The Morgan fingerprint density at radius 3 is 2.96 bits per heavy atom. The van der Waals surface area contributed by atoms with E-state index >= 15 is 0 Å². The second-order valence-corrected chi connectivity index (χ2v) is 5.91. The molecule has 126 valence electrons. The lowest BCUT2D eigenvalue weighted by Crippen LogP contribution is -2.43. The molecular formula is C18H21N3O3. The molecule has 1 N–H and O–H groups in total. The zero-order chi connectivity index (χ0) is 16.9. The number of phenols is 1. The van der Waals surface area contributed by atoms with E-state index < -0.39 is 0 Å². The molecule has 1 aliphatic heterocycles. The zero-order valence-electron chi connectivity index (χ0n) is 13.7. The molecule has 1 aromatic carbocycles. The smallest absolute Gasteiger partial charge is 0.150 e. The summed E-state index contributed by atoms with van der Waals surface area (Å²) in [5.74, 6) is 0.0546. The Kier molecular flexibility index (Phi) is 5.17. The van der Waals surface area contributed by atoms with Gasteiger partial charge in [0.15, 0.2) is 12.0 Å². The predicted octanol–water partition coefficient (Wildman–Crippen LogP) is 1.89. The minimum atomic E-state index is 0.0546. The number of rotatable bonds is 5. The molecule has 0 saturated carbocycles. The Hall–Kier alpha value is -2.31. The standard InChI is InChI=1S/C18H21N3O3/c1-13(21-5-7-24-8-6-21)10-19-11-14-9-15(12-22)16-3-2-4-20-17(16)18(14)23/h2-4,9,11-13,23H,5-8,10H2,1H3. The Morgan fingerprint density at radius 1 is 1.42 bits per heavy atom. The van der Waals surface area contributed by atoms with Crippen molar-refractivity contribution in [1.82, 2.24) is 9.88 Å². The van der Waals surface area contributed by atoms with E-state index in [0.717, 1.165) is 32.6 Å². The van der Waals surface area contributed by atoms with E-state index in [1.54, 1.807) is 30.6 Å². The number of ether oxygens (including phenoxy) is 1. The normalized spacial score (nSPS) is 17.4. The molecule has 3 rings (SSSR count). The first-order valence-corrected chi connectivity index (χ1v) is 8.08. The maximum absolute atomic E-state index is 11.3. The lowest BCUT2D eigenvalue weighted by molar-refractivity contribution is 0.0221. The molecule has 0 bridgehead atoms. The molecule has 0 radical (unpaired) electrons. The van der Waals surface area contributed by atoms with E-state index in [4.69, 9.17) is 4.74 Å². The number of aromatic hydroxyl groups is 1. The van der Waals surface area contributed by atoms with Crippen molar-refractivity contribution >= 4 is 23.4 Å². The molecule has 1 aromatic heterocycles. The molecule has 1 atom stereocenters. The summed E-state index contributed by atoms with van der Waals surface area (Å²) >= 11 is 0. The van der Waals surface area contributed by atoms with Crippen molar-refractivity contribution in [1.29, 1.82) is 0 Å². The van der Waals surface area contributed by atoms with E-state index in [-0.39, 0.29) is 5.75 Å². The van der Waals surface area contributed by atoms with Gasteiger partial charge in [-0.25, -0.2) is 0 Å². The average Bonchev–Trinajstić information content (AvgIpc) is 2.64. The van der Waals surface area contributed by atoms with Crippen LogP contribution in [0.25, 0.3) is 10.9 Å². The van der Waals surface area contributed by atoms with Gasteiger partial charge < -0.3 is 9.84 Å². The molecule has 0 amide bonds. The van der Waals surface area contributed by atoms with Crippen molar-refractivity contribution in [3.8, 4) is 5.75 Å². The number of carbonyl (C=O) groups excluding carboxylic acids is 1. The Balaban J connectivity index is 1.79. The number of phenolic OH excluding ortho intramolecular Hbond substituents is 1. The lowest BCUT2D eigenvalue weighted by Gasteiger charge is -2.31. The summed E-state index contributed by atoms with van der Waals surface area (Å²) < 4.78 is 5.35. The van der Waals surface area contributed by atoms with E-state index in [1.807, 2.05) is 0 Å². The van der Waals surface area contributed by atoms with Crippen LogP contribution in [0.15, 0.2) is 29.4 Å². The Labute approximate surface area is 140 Å². The maximum Gasteiger partial charge on any atom is 0.150 e. The van der Waals surface area contributed by atoms with Gasteiger partial charge in [-0.15, -0.1) is 0 Å². The first-order chi connectivity index (χ1) is 11.7. The van der Waals surface area contributed by atoms with Gasteiger partial charge in [-0.1, -0.05) is 6.07 Å². The minimum Gasteiger partial charge on any atom is -0.505 e. The first kappa shape index (κ1) is 16.5. The summed E-state index contributed by atoms with van der Waals surface area (Å²) in [4.78, 5) is 22.3. The lowest BCUT2D eigenvalue weighted by atomic mass is 10.0. The number of hydrogen-bond donors (Lipinski definition) is 1. The fraction of sp³-hybridized carbons (Fsp3) is 0.389. The highest BCUT2D eigenvalue weighted by atomic mass is 16.5. The van der Waals surface area contributed by atoms with Crippen LogP contribution in [0.3, 0.4) is 0 Å². The number of hydrogen-bond acceptors (Lipinski definition) is 6. The van der Waals surface area contributed by atoms with Gasteiger partial charge in [0, 0.05) is 48.1 Å². The van der Waals surface area contributed by atoms with Crippen LogP contribution in [-0.2, 0) is 4.74 Å². The highest BCUT2D eigenvalue weighted by Crippen LogP contribution is 2.28. The molecule has 0 aliphatic carbocycles. The summed E-state index contributed by atoms with van der Waals surface area (Å²) in [7, 11) is 0. The number of aromatic nitrogens is 1. The largest absolute Gasteiger partial charge is 0.505 e. The number of nitrogens with zero attached hydrogens (tertiary/aromatic N) is 3. The first-order valence-electron chi connectivity index (χ1n) is 8.08. The summed E-state index contributed by atoms with van der Waals surface area (Å²) in [6.07, 6.45) is 3.99. The van der Waals surface area contributed by atoms with E-state index in [2.05, 4.69) is 21.8 Å². The number of carbonyl (C=O) groups is 1. The van der Waals surface area contributed by atoms with Gasteiger partial charge in [0.1, 0.15) is 5.52 Å². The second-order valence-electron chi connectivity index (χ2n) is 5.91. The topological polar surface area (TPSA) is 75.0 Å². The van der Waals surface area contributed by atoms with Crippen LogP contribution in [0, 0.1) is 0 Å². The third kappa shape index (κ3) is 3.44.